The summed E-state index contributed by atoms with van der Waals surface area (Å²) in [5.41, 5.74) is 1.65. The van der Waals surface area contributed by atoms with E-state index in [0.717, 1.165) is 5.57 Å². The number of ether oxygens (including phenoxy) is 1. The third-order valence-electron chi connectivity index (χ3n) is 1.98. The molecule has 0 heterocycles. The molecule has 0 unspecified atom stereocenters. The van der Waals surface area contributed by atoms with E-state index in [-0.39, 0.29) is 6.03 Å². The molecule has 1 aromatic carbocycles. The maximum atomic E-state index is 11.5. The van der Waals surface area contributed by atoms with Gasteiger partial charge in [-0.15, -0.1) is 0 Å². The van der Waals surface area contributed by atoms with E-state index in [9.17, 15) is 4.79 Å². The highest BCUT2D eigenvalue weighted by Gasteiger charge is 2.00. The zero-order valence-corrected chi connectivity index (χ0v) is 11.1. The molecule has 0 aliphatic rings. The van der Waals surface area contributed by atoms with Crippen LogP contribution in [0, 0.1) is 0 Å². The van der Waals surface area contributed by atoms with E-state index < -0.39 is 0 Å². The van der Waals surface area contributed by atoms with Gasteiger partial charge in [0.25, 0.3) is 0 Å². The van der Waals surface area contributed by atoms with E-state index in [2.05, 4.69) is 17.2 Å². The Hall–Kier alpha value is -1.52. The van der Waals surface area contributed by atoms with Crippen molar-refractivity contribution >= 4 is 23.3 Å². The van der Waals surface area contributed by atoms with Gasteiger partial charge in [-0.05, 0) is 31.2 Å². The number of anilines is 1. The number of benzene rings is 1. The molecule has 0 saturated carbocycles. The van der Waals surface area contributed by atoms with Gasteiger partial charge in [0.05, 0.1) is 13.2 Å². The third kappa shape index (κ3) is 6.27. The van der Waals surface area contributed by atoms with Crippen molar-refractivity contribution in [3.8, 4) is 0 Å². The molecule has 2 amide bonds. The molecule has 0 bridgehead atoms. The SMILES string of the molecule is C=C(C)COCCNC(=O)Nc1ccc(Cl)cc1. The fourth-order valence-corrected chi connectivity index (χ4v) is 1.32. The van der Waals surface area contributed by atoms with E-state index in [0.29, 0.717) is 30.5 Å². The largest absolute Gasteiger partial charge is 0.375 e. The maximum absolute atomic E-state index is 11.5. The van der Waals surface area contributed by atoms with E-state index in [1.165, 1.54) is 0 Å². The summed E-state index contributed by atoms with van der Waals surface area (Å²) in [6, 6.07) is 6.63. The molecule has 0 spiro atoms. The van der Waals surface area contributed by atoms with Crippen LogP contribution in [-0.2, 0) is 4.74 Å². The van der Waals surface area contributed by atoms with Crippen molar-refractivity contribution in [2.45, 2.75) is 6.92 Å². The number of amides is 2. The summed E-state index contributed by atoms with van der Waals surface area (Å²) in [5.74, 6) is 0. The summed E-state index contributed by atoms with van der Waals surface area (Å²) >= 11 is 5.74. The van der Waals surface area contributed by atoms with Crippen LogP contribution in [0.1, 0.15) is 6.92 Å². The van der Waals surface area contributed by atoms with Crippen molar-refractivity contribution in [2.75, 3.05) is 25.1 Å². The van der Waals surface area contributed by atoms with Gasteiger partial charge in [-0.25, -0.2) is 4.79 Å². The minimum atomic E-state index is -0.267. The van der Waals surface area contributed by atoms with Gasteiger partial charge < -0.3 is 15.4 Å². The van der Waals surface area contributed by atoms with E-state index in [1.54, 1.807) is 24.3 Å². The van der Waals surface area contributed by atoms with Crippen molar-refractivity contribution < 1.29 is 9.53 Å². The lowest BCUT2D eigenvalue weighted by molar-refractivity contribution is 0.159. The van der Waals surface area contributed by atoms with Crippen molar-refractivity contribution in [1.29, 1.82) is 0 Å². The Morgan fingerprint density at radius 1 is 1.39 bits per heavy atom. The lowest BCUT2D eigenvalue weighted by Gasteiger charge is -2.08. The molecule has 2 N–H and O–H groups in total. The minimum absolute atomic E-state index is 0.267. The van der Waals surface area contributed by atoms with Crippen LogP contribution in [0.2, 0.25) is 5.02 Å². The first-order chi connectivity index (χ1) is 8.58. The fraction of sp³-hybridized carbons (Fsp3) is 0.308. The molecule has 1 rings (SSSR count). The van der Waals surface area contributed by atoms with Gasteiger partial charge in [0.15, 0.2) is 0 Å². The van der Waals surface area contributed by atoms with Crippen LogP contribution >= 0.6 is 11.6 Å². The summed E-state index contributed by atoms with van der Waals surface area (Å²) in [6.07, 6.45) is 0. The summed E-state index contributed by atoms with van der Waals surface area (Å²) in [6.45, 7) is 7.03. The number of halogens is 1. The van der Waals surface area contributed by atoms with E-state index in [4.69, 9.17) is 16.3 Å². The van der Waals surface area contributed by atoms with Gasteiger partial charge >= 0.3 is 6.03 Å². The molecule has 5 heteroatoms. The van der Waals surface area contributed by atoms with Crippen LogP contribution in [-0.4, -0.2) is 25.8 Å². The Morgan fingerprint density at radius 3 is 2.67 bits per heavy atom. The first kappa shape index (κ1) is 14.5. The molecule has 0 aromatic heterocycles. The molecule has 18 heavy (non-hydrogen) atoms. The first-order valence-corrected chi connectivity index (χ1v) is 5.98. The molecule has 0 aliphatic heterocycles. The lowest BCUT2D eigenvalue weighted by atomic mass is 10.3. The molecule has 98 valence electrons. The third-order valence-corrected chi connectivity index (χ3v) is 2.23. The zero-order valence-electron chi connectivity index (χ0n) is 10.3. The molecular formula is C13H17ClN2O2. The Kier molecular flexibility index (Phi) is 6.25. The summed E-state index contributed by atoms with van der Waals surface area (Å²) in [7, 11) is 0. The van der Waals surface area contributed by atoms with Crippen LogP contribution in [0.25, 0.3) is 0 Å². The average molecular weight is 269 g/mol. The smallest absolute Gasteiger partial charge is 0.319 e. The zero-order chi connectivity index (χ0) is 13.4. The molecule has 4 nitrogen and oxygen atoms in total. The Labute approximate surface area is 112 Å². The van der Waals surface area contributed by atoms with Gasteiger partial charge in [0, 0.05) is 17.3 Å². The van der Waals surface area contributed by atoms with Gasteiger partial charge in [-0.1, -0.05) is 23.8 Å². The fourth-order valence-electron chi connectivity index (χ4n) is 1.19. The van der Waals surface area contributed by atoms with Crippen molar-refractivity contribution in [2.24, 2.45) is 0 Å². The Bertz CT molecular complexity index is 404. The molecule has 0 saturated heterocycles. The second-order valence-electron chi connectivity index (χ2n) is 3.90. The Morgan fingerprint density at radius 2 is 2.06 bits per heavy atom. The highest BCUT2D eigenvalue weighted by molar-refractivity contribution is 6.30. The van der Waals surface area contributed by atoms with E-state index >= 15 is 0 Å². The van der Waals surface area contributed by atoms with Gasteiger partial charge in [-0.2, -0.15) is 0 Å². The molecule has 1 aromatic rings. The molecule has 0 fully saturated rings. The minimum Gasteiger partial charge on any atom is -0.375 e. The Balaban J connectivity index is 2.17. The number of urea groups is 1. The van der Waals surface area contributed by atoms with Crippen molar-refractivity contribution in [3.05, 3.63) is 41.4 Å². The van der Waals surface area contributed by atoms with Gasteiger partial charge in [0.1, 0.15) is 0 Å². The van der Waals surface area contributed by atoms with Crippen LogP contribution in [0.4, 0.5) is 10.5 Å². The highest BCUT2D eigenvalue weighted by atomic mass is 35.5. The number of carbonyl (C=O) groups excluding carboxylic acids is 1. The molecule has 0 atom stereocenters. The van der Waals surface area contributed by atoms with Crippen LogP contribution in [0.3, 0.4) is 0 Å². The second-order valence-corrected chi connectivity index (χ2v) is 4.33. The van der Waals surface area contributed by atoms with Crippen LogP contribution < -0.4 is 10.6 Å². The van der Waals surface area contributed by atoms with Crippen molar-refractivity contribution in [1.82, 2.24) is 5.32 Å². The normalized spacial score (nSPS) is 9.89. The predicted octanol–water partition coefficient (Wildman–Crippen LogP) is 3.05. The topological polar surface area (TPSA) is 50.4 Å². The average Bonchev–Trinajstić information content (AvgIpc) is 2.31. The molecular weight excluding hydrogens is 252 g/mol. The van der Waals surface area contributed by atoms with E-state index in [1.807, 2.05) is 6.92 Å². The first-order valence-electron chi connectivity index (χ1n) is 5.60. The quantitative estimate of drug-likeness (QED) is 0.615. The number of carbonyl (C=O) groups is 1. The predicted molar refractivity (Wildman–Crippen MR) is 74.1 cm³/mol. The number of nitrogens with one attached hydrogen (secondary N) is 2. The lowest BCUT2D eigenvalue weighted by Crippen LogP contribution is -2.31. The number of hydrogen-bond acceptors (Lipinski definition) is 2. The second kappa shape index (κ2) is 7.74. The maximum Gasteiger partial charge on any atom is 0.319 e. The standard InChI is InChI=1S/C13H17ClN2O2/c1-10(2)9-18-8-7-15-13(17)16-12-5-3-11(14)4-6-12/h3-6H,1,7-9H2,2H3,(H2,15,16,17). The number of rotatable bonds is 6. The summed E-state index contributed by atoms with van der Waals surface area (Å²) in [4.78, 5) is 11.5. The number of hydrogen-bond donors (Lipinski definition) is 2. The van der Waals surface area contributed by atoms with Gasteiger partial charge in [-0.3, -0.25) is 0 Å². The highest BCUT2D eigenvalue weighted by Crippen LogP contribution is 2.12. The molecule has 0 radical (unpaired) electrons. The molecule has 0 aliphatic carbocycles. The monoisotopic (exact) mass is 268 g/mol. The van der Waals surface area contributed by atoms with Gasteiger partial charge in [0.2, 0.25) is 0 Å². The summed E-state index contributed by atoms with van der Waals surface area (Å²) in [5, 5.41) is 6.00. The summed E-state index contributed by atoms with van der Waals surface area (Å²) < 4.78 is 5.25. The van der Waals surface area contributed by atoms with Crippen LogP contribution in [0.15, 0.2) is 36.4 Å². The van der Waals surface area contributed by atoms with Crippen LogP contribution in [0.5, 0.6) is 0 Å². The van der Waals surface area contributed by atoms with Crippen molar-refractivity contribution in [3.63, 3.8) is 0 Å².